The van der Waals surface area contributed by atoms with Crippen LogP contribution < -0.4 is 9.47 Å². The molecule has 4 aromatic carbocycles. The minimum Gasteiger partial charge on any atom is -0.497 e. The van der Waals surface area contributed by atoms with Crippen molar-refractivity contribution >= 4 is 11.6 Å². The molecule has 8 rings (SSSR count). The quantitative estimate of drug-likeness (QED) is 0.190. The summed E-state index contributed by atoms with van der Waals surface area (Å²) >= 11 is 6.05. The third kappa shape index (κ3) is 7.36. The molecule has 268 valence electrons. The van der Waals surface area contributed by atoms with Gasteiger partial charge in [0.25, 0.3) is 0 Å². The van der Waals surface area contributed by atoms with Crippen LogP contribution in [-0.2, 0) is 26.2 Å². The number of benzene rings is 4. The number of aromatic nitrogens is 8. The second kappa shape index (κ2) is 15.5. The van der Waals surface area contributed by atoms with Crippen molar-refractivity contribution in [3.63, 3.8) is 0 Å². The summed E-state index contributed by atoms with van der Waals surface area (Å²) in [5, 5.41) is 25.0. The maximum Gasteiger partial charge on any atom is 0.173 e. The first-order valence-corrected chi connectivity index (χ1v) is 17.2. The van der Waals surface area contributed by atoms with E-state index in [1.54, 1.807) is 37.1 Å². The molecule has 2 unspecified atom stereocenters. The maximum atomic E-state index is 14.3. The SMILES string of the molecule is COc1ccc(OC)c(C2c3nnnn3CCN2Cc2cccc(F)c2F)c1.Cc1cccc(CN2CCn3nnnc3C2c2ccc(Cl)cc2)c1. The van der Waals surface area contributed by atoms with Gasteiger partial charge in [0.2, 0.25) is 0 Å². The standard InChI is InChI=1S/C19H19F2N5O2.C18H18ClN5/c1-27-13-6-7-16(28-2)14(10-13)18-19-22-23-24-26(19)9-8-25(18)11-12-4-3-5-15(20)17(12)21;1-13-3-2-4-14(11-13)12-23-9-10-24-18(20-21-22-24)17(23)15-5-7-16(19)8-6-15/h3-7,10,18H,8-9,11H2,1-2H3;2-8,11,17H,9-10,12H2,1H3. The summed E-state index contributed by atoms with van der Waals surface area (Å²) in [6, 6.07) is 25.9. The first kappa shape index (κ1) is 35.1. The van der Waals surface area contributed by atoms with Crippen molar-refractivity contribution in [3.8, 4) is 11.5 Å². The van der Waals surface area contributed by atoms with Crippen molar-refractivity contribution in [2.24, 2.45) is 0 Å². The number of aryl methyl sites for hydroxylation is 1. The van der Waals surface area contributed by atoms with Gasteiger partial charge in [0, 0.05) is 42.3 Å². The molecule has 0 bridgehead atoms. The first-order valence-electron chi connectivity index (χ1n) is 16.8. The van der Waals surface area contributed by atoms with Crippen molar-refractivity contribution in [2.45, 2.75) is 45.2 Å². The van der Waals surface area contributed by atoms with Crippen LogP contribution in [0.15, 0.2) is 84.9 Å². The van der Waals surface area contributed by atoms with Crippen LogP contribution in [0.5, 0.6) is 11.5 Å². The molecule has 2 aliphatic heterocycles. The zero-order chi connectivity index (χ0) is 36.2. The van der Waals surface area contributed by atoms with E-state index in [1.807, 2.05) is 27.8 Å². The summed E-state index contributed by atoms with van der Waals surface area (Å²) in [4.78, 5) is 4.42. The fraction of sp³-hybridized carbons (Fsp3) is 0.297. The van der Waals surface area contributed by atoms with Gasteiger partial charge in [-0.3, -0.25) is 9.80 Å². The van der Waals surface area contributed by atoms with Crippen LogP contribution >= 0.6 is 11.6 Å². The number of ether oxygens (including phenoxy) is 2. The molecule has 15 heteroatoms. The molecule has 0 saturated heterocycles. The van der Waals surface area contributed by atoms with Crippen molar-refractivity contribution in [1.29, 1.82) is 0 Å². The molecule has 2 aromatic heterocycles. The van der Waals surface area contributed by atoms with E-state index in [4.69, 9.17) is 21.1 Å². The van der Waals surface area contributed by atoms with Crippen LogP contribution in [0.3, 0.4) is 0 Å². The predicted molar refractivity (Wildman–Crippen MR) is 189 cm³/mol. The number of rotatable bonds is 8. The van der Waals surface area contributed by atoms with Gasteiger partial charge in [0.05, 0.1) is 33.4 Å². The highest BCUT2D eigenvalue weighted by atomic mass is 35.5. The van der Waals surface area contributed by atoms with Crippen LogP contribution in [0, 0.1) is 18.6 Å². The number of hydrogen-bond acceptors (Lipinski definition) is 10. The highest BCUT2D eigenvalue weighted by Gasteiger charge is 2.35. The van der Waals surface area contributed by atoms with Gasteiger partial charge >= 0.3 is 0 Å². The lowest BCUT2D eigenvalue weighted by Gasteiger charge is -2.35. The van der Waals surface area contributed by atoms with Crippen LogP contribution in [0.4, 0.5) is 8.78 Å². The Morgan fingerprint density at radius 2 is 1.40 bits per heavy atom. The first-order chi connectivity index (χ1) is 25.3. The topological polar surface area (TPSA) is 112 Å². The fourth-order valence-corrected chi connectivity index (χ4v) is 6.96. The predicted octanol–water partition coefficient (Wildman–Crippen LogP) is 5.81. The molecule has 2 atom stereocenters. The lowest BCUT2D eigenvalue weighted by molar-refractivity contribution is 0.159. The molecule has 4 heterocycles. The van der Waals surface area contributed by atoms with Crippen molar-refractivity contribution in [2.75, 3.05) is 27.3 Å². The molecule has 6 aromatic rings. The average Bonchev–Trinajstić information content (AvgIpc) is 3.84. The van der Waals surface area contributed by atoms with E-state index in [0.717, 1.165) is 47.7 Å². The summed E-state index contributed by atoms with van der Waals surface area (Å²) in [5.41, 5.74) is 4.79. The van der Waals surface area contributed by atoms with E-state index < -0.39 is 17.7 Å². The number of fused-ring (bicyclic) bond motifs is 2. The van der Waals surface area contributed by atoms with Gasteiger partial charge in [-0.05, 0) is 75.3 Å². The van der Waals surface area contributed by atoms with E-state index >= 15 is 0 Å². The Labute approximate surface area is 304 Å². The smallest absolute Gasteiger partial charge is 0.173 e. The van der Waals surface area contributed by atoms with Gasteiger partial charge in [-0.15, -0.1) is 10.2 Å². The maximum absolute atomic E-state index is 14.3. The number of tetrazole rings is 2. The number of methoxy groups -OCH3 is 2. The van der Waals surface area contributed by atoms with E-state index in [9.17, 15) is 8.78 Å². The number of nitrogens with zero attached hydrogens (tertiary/aromatic N) is 10. The van der Waals surface area contributed by atoms with E-state index in [0.29, 0.717) is 30.4 Å². The van der Waals surface area contributed by atoms with Crippen LogP contribution in [0.25, 0.3) is 0 Å². The van der Waals surface area contributed by atoms with Crippen LogP contribution in [-0.4, -0.2) is 77.5 Å². The molecule has 0 N–H and O–H groups in total. The van der Waals surface area contributed by atoms with Gasteiger partial charge in [-0.1, -0.05) is 65.7 Å². The zero-order valence-electron chi connectivity index (χ0n) is 28.9. The summed E-state index contributed by atoms with van der Waals surface area (Å²) in [6.45, 7) is 5.98. The average molecular weight is 727 g/mol. The molecule has 52 heavy (non-hydrogen) atoms. The largest absolute Gasteiger partial charge is 0.497 e. The molecule has 12 nitrogen and oxygen atoms in total. The van der Waals surface area contributed by atoms with Gasteiger partial charge in [0.15, 0.2) is 23.3 Å². The molecular formula is C37H37ClF2N10O2. The Kier molecular flexibility index (Phi) is 10.5. The lowest BCUT2D eigenvalue weighted by atomic mass is 10.00. The molecular weight excluding hydrogens is 690 g/mol. The number of hydrogen-bond donors (Lipinski definition) is 0. The molecule has 0 aliphatic carbocycles. The highest BCUT2D eigenvalue weighted by molar-refractivity contribution is 6.30. The summed E-state index contributed by atoms with van der Waals surface area (Å²) < 4.78 is 42.5. The van der Waals surface area contributed by atoms with Crippen LogP contribution in [0.2, 0.25) is 5.02 Å². The summed E-state index contributed by atoms with van der Waals surface area (Å²) in [7, 11) is 3.16. The van der Waals surface area contributed by atoms with E-state index in [2.05, 4.69) is 79.3 Å². The third-order valence-electron chi connectivity index (χ3n) is 9.33. The Morgan fingerprint density at radius 3 is 2.08 bits per heavy atom. The monoisotopic (exact) mass is 726 g/mol. The van der Waals surface area contributed by atoms with Gasteiger partial charge in [0.1, 0.15) is 17.5 Å². The number of halogens is 3. The second-order valence-corrected chi connectivity index (χ2v) is 13.1. The Morgan fingerprint density at radius 1 is 0.731 bits per heavy atom. The zero-order valence-corrected chi connectivity index (χ0v) is 29.7. The van der Waals surface area contributed by atoms with Crippen molar-refractivity contribution < 1.29 is 18.3 Å². The minimum absolute atomic E-state index is 0.0338. The van der Waals surface area contributed by atoms with Gasteiger partial charge < -0.3 is 9.47 Å². The van der Waals surface area contributed by atoms with Gasteiger partial charge in [-0.25, -0.2) is 18.1 Å². The lowest BCUT2D eigenvalue weighted by Crippen LogP contribution is -2.39. The Bertz CT molecular complexity index is 2140. The molecule has 0 amide bonds. The molecule has 0 spiro atoms. The van der Waals surface area contributed by atoms with Crippen molar-refractivity contribution in [1.82, 2.24) is 50.2 Å². The van der Waals surface area contributed by atoms with E-state index in [-0.39, 0.29) is 18.2 Å². The highest BCUT2D eigenvalue weighted by Crippen LogP contribution is 2.39. The Hall–Kier alpha value is -5.31. The normalized spacial score (nSPS) is 17.1. The van der Waals surface area contributed by atoms with Gasteiger partial charge in [-0.2, -0.15) is 0 Å². The molecule has 0 radical (unpaired) electrons. The molecule has 0 fully saturated rings. The molecule has 2 aliphatic rings. The van der Waals surface area contributed by atoms with E-state index in [1.165, 1.54) is 17.2 Å². The third-order valence-corrected chi connectivity index (χ3v) is 9.58. The fourth-order valence-electron chi connectivity index (χ4n) is 6.83. The minimum atomic E-state index is -0.866. The van der Waals surface area contributed by atoms with Crippen LogP contribution in [0.1, 0.15) is 51.5 Å². The molecule has 0 saturated carbocycles. The summed E-state index contributed by atoms with van der Waals surface area (Å²) in [6.07, 6.45) is 0. The Balaban J connectivity index is 0.000000164. The summed E-state index contributed by atoms with van der Waals surface area (Å²) in [5.74, 6) is 1.06. The second-order valence-electron chi connectivity index (χ2n) is 12.6. The van der Waals surface area contributed by atoms with Crippen molar-refractivity contribution in [3.05, 3.63) is 141 Å².